The summed E-state index contributed by atoms with van der Waals surface area (Å²) in [5.74, 6) is -0.813. The molecule has 42 heavy (non-hydrogen) atoms. The fourth-order valence-electron chi connectivity index (χ4n) is 4.42. The molecule has 0 saturated carbocycles. The van der Waals surface area contributed by atoms with E-state index in [-0.39, 0.29) is 35.2 Å². The molecule has 226 valence electrons. The number of hydrogen-bond donors (Lipinski definition) is 1. The summed E-state index contributed by atoms with van der Waals surface area (Å²) in [6.45, 7) is 5.39. The smallest absolute Gasteiger partial charge is 0.264 e. The molecular formula is C31H38FN3O6S. The number of rotatable bonds is 14. The Morgan fingerprint density at radius 2 is 1.57 bits per heavy atom. The number of nitrogens with one attached hydrogen (secondary N) is 1. The van der Waals surface area contributed by atoms with Crippen LogP contribution in [0.15, 0.2) is 71.6 Å². The molecule has 3 rings (SSSR count). The van der Waals surface area contributed by atoms with Crippen molar-refractivity contribution in [1.82, 2.24) is 10.2 Å². The van der Waals surface area contributed by atoms with E-state index in [1.165, 1.54) is 61.6 Å². The van der Waals surface area contributed by atoms with E-state index in [4.69, 9.17) is 9.47 Å². The minimum atomic E-state index is -4.30. The molecule has 0 fully saturated rings. The fourth-order valence-corrected chi connectivity index (χ4v) is 5.85. The predicted octanol–water partition coefficient (Wildman–Crippen LogP) is 4.68. The van der Waals surface area contributed by atoms with Gasteiger partial charge in [0.25, 0.3) is 10.0 Å². The monoisotopic (exact) mass is 599 g/mol. The number of hydrogen-bond acceptors (Lipinski definition) is 6. The van der Waals surface area contributed by atoms with Crippen LogP contribution in [0.5, 0.6) is 11.5 Å². The van der Waals surface area contributed by atoms with Gasteiger partial charge in [-0.3, -0.25) is 13.9 Å². The van der Waals surface area contributed by atoms with Gasteiger partial charge in [0.05, 0.1) is 24.8 Å². The van der Waals surface area contributed by atoms with Crippen LogP contribution in [0, 0.1) is 12.7 Å². The molecule has 0 unspecified atom stereocenters. The first-order valence-electron chi connectivity index (χ1n) is 13.7. The molecule has 0 aliphatic rings. The van der Waals surface area contributed by atoms with E-state index in [1.54, 1.807) is 31.2 Å². The minimum Gasteiger partial charge on any atom is -0.493 e. The van der Waals surface area contributed by atoms with Gasteiger partial charge in [0.1, 0.15) is 18.4 Å². The van der Waals surface area contributed by atoms with E-state index in [1.807, 2.05) is 13.8 Å². The van der Waals surface area contributed by atoms with Gasteiger partial charge in [0.2, 0.25) is 11.8 Å². The number of anilines is 1. The lowest BCUT2D eigenvalue weighted by molar-refractivity contribution is -0.140. The van der Waals surface area contributed by atoms with Crippen molar-refractivity contribution in [2.45, 2.75) is 51.1 Å². The average Bonchev–Trinajstić information content (AvgIpc) is 2.99. The number of aryl methyl sites for hydroxylation is 1. The van der Waals surface area contributed by atoms with E-state index >= 15 is 0 Å². The van der Waals surface area contributed by atoms with Gasteiger partial charge >= 0.3 is 0 Å². The van der Waals surface area contributed by atoms with Gasteiger partial charge < -0.3 is 19.7 Å². The number of benzene rings is 3. The van der Waals surface area contributed by atoms with E-state index < -0.39 is 34.3 Å². The summed E-state index contributed by atoms with van der Waals surface area (Å²) in [5, 5.41) is 2.83. The number of amides is 2. The molecule has 3 aromatic rings. The largest absolute Gasteiger partial charge is 0.493 e. The Balaban J connectivity index is 2.08. The molecule has 0 aromatic heterocycles. The first kappa shape index (κ1) is 32.4. The lowest BCUT2D eigenvalue weighted by atomic mass is 10.1. The molecule has 0 heterocycles. The molecule has 1 N–H and O–H groups in total. The lowest BCUT2D eigenvalue weighted by Crippen LogP contribution is -2.52. The maximum atomic E-state index is 14.1. The lowest BCUT2D eigenvalue weighted by Gasteiger charge is -2.33. The van der Waals surface area contributed by atoms with Crippen molar-refractivity contribution in [3.63, 3.8) is 0 Å². The summed E-state index contributed by atoms with van der Waals surface area (Å²) in [6, 6.07) is 15.7. The zero-order valence-corrected chi connectivity index (χ0v) is 25.4. The highest BCUT2D eigenvalue weighted by Gasteiger charge is 2.34. The zero-order valence-electron chi connectivity index (χ0n) is 24.6. The van der Waals surface area contributed by atoms with Crippen molar-refractivity contribution in [1.29, 1.82) is 0 Å². The second-order valence-corrected chi connectivity index (χ2v) is 11.6. The molecule has 3 aromatic carbocycles. The molecule has 9 nitrogen and oxygen atoms in total. The summed E-state index contributed by atoms with van der Waals surface area (Å²) in [5.41, 5.74) is 1.77. The van der Waals surface area contributed by atoms with Crippen LogP contribution in [0.3, 0.4) is 0 Å². The predicted molar refractivity (Wildman–Crippen MR) is 160 cm³/mol. The highest BCUT2D eigenvalue weighted by molar-refractivity contribution is 7.92. The highest BCUT2D eigenvalue weighted by Crippen LogP contribution is 2.32. The average molecular weight is 600 g/mol. The molecule has 0 radical (unpaired) electrons. The van der Waals surface area contributed by atoms with Crippen molar-refractivity contribution in [3.05, 3.63) is 83.7 Å². The van der Waals surface area contributed by atoms with Gasteiger partial charge in [-0.05, 0) is 61.7 Å². The second-order valence-electron chi connectivity index (χ2n) is 9.73. The van der Waals surface area contributed by atoms with E-state index in [2.05, 4.69) is 5.32 Å². The SMILES string of the molecule is CCCNC(=O)[C@@H](CC)N(Cc1ccc(F)cc1)C(=O)CN(c1ccc(C)cc1)S(=O)(=O)c1ccc(OC)c(OC)c1. The first-order valence-corrected chi connectivity index (χ1v) is 15.1. The first-order chi connectivity index (χ1) is 20.0. The van der Waals surface area contributed by atoms with Crippen LogP contribution in [-0.4, -0.2) is 58.5 Å². The van der Waals surface area contributed by atoms with Crippen LogP contribution < -0.4 is 19.1 Å². The maximum Gasteiger partial charge on any atom is 0.264 e. The Labute approximate surface area is 247 Å². The maximum absolute atomic E-state index is 14.1. The van der Waals surface area contributed by atoms with Crippen molar-refractivity contribution >= 4 is 27.5 Å². The topological polar surface area (TPSA) is 105 Å². The summed E-state index contributed by atoms with van der Waals surface area (Å²) >= 11 is 0. The van der Waals surface area contributed by atoms with Gasteiger partial charge in [0, 0.05) is 19.2 Å². The van der Waals surface area contributed by atoms with Crippen LogP contribution in [0.25, 0.3) is 0 Å². The molecule has 0 spiro atoms. The van der Waals surface area contributed by atoms with Gasteiger partial charge in [-0.1, -0.05) is 43.7 Å². The van der Waals surface area contributed by atoms with Crippen molar-refractivity contribution < 1.29 is 31.9 Å². The van der Waals surface area contributed by atoms with Gasteiger partial charge in [-0.2, -0.15) is 0 Å². The van der Waals surface area contributed by atoms with Crippen LogP contribution >= 0.6 is 0 Å². The minimum absolute atomic E-state index is 0.0185. The summed E-state index contributed by atoms with van der Waals surface area (Å²) < 4.78 is 53.4. The van der Waals surface area contributed by atoms with Crippen molar-refractivity contribution in [2.75, 3.05) is 31.6 Å². The normalized spacial score (nSPS) is 11.9. The summed E-state index contributed by atoms with van der Waals surface area (Å²) in [6.07, 6.45) is 0.994. The number of ether oxygens (including phenoxy) is 2. The number of halogens is 1. The van der Waals surface area contributed by atoms with E-state index in [0.717, 1.165) is 9.87 Å². The van der Waals surface area contributed by atoms with Crippen LogP contribution in [0.1, 0.15) is 37.8 Å². The molecule has 0 aliphatic heterocycles. The zero-order chi connectivity index (χ0) is 30.9. The summed E-state index contributed by atoms with van der Waals surface area (Å²) in [4.78, 5) is 28.5. The number of carbonyl (C=O) groups is 2. The van der Waals surface area contributed by atoms with Crippen LogP contribution in [0.2, 0.25) is 0 Å². The van der Waals surface area contributed by atoms with Crippen LogP contribution in [-0.2, 0) is 26.2 Å². The molecule has 0 aliphatic carbocycles. The van der Waals surface area contributed by atoms with Gasteiger partial charge in [-0.15, -0.1) is 0 Å². The number of methoxy groups -OCH3 is 2. The Hall–Kier alpha value is -4.12. The number of sulfonamides is 1. The summed E-state index contributed by atoms with van der Waals surface area (Å²) in [7, 11) is -1.45. The Morgan fingerprint density at radius 3 is 2.14 bits per heavy atom. The van der Waals surface area contributed by atoms with Crippen LogP contribution in [0.4, 0.5) is 10.1 Å². The number of nitrogens with zero attached hydrogens (tertiary/aromatic N) is 2. The Kier molecular flexibility index (Phi) is 11.3. The molecular weight excluding hydrogens is 561 g/mol. The fraction of sp³-hybridized carbons (Fsp3) is 0.355. The Bertz CT molecular complexity index is 1460. The quantitative estimate of drug-likeness (QED) is 0.289. The van der Waals surface area contributed by atoms with E-state index in [9.17, 15) is 22.4 Å². The van der Waals surface area contributed by atoms with Crippen molar-refractivity contribution in [3.8, 4) is 11.5 Å². The second kappa shape index (κ2) is 14.7. The van der Waals surface area contributed by atoms with Crippen molar-refractivity contribution in [2.24, 2.45) is 0 Å². The molecule has 11 heteroatoms. The molecule has 0 saturated heterocycles. The molecule has 1 atom stereocenters. The third-order valence-corrected chi connectivity index (χ3v) is 8.51. The third kappa shape index (κ3) is 7.79. The van der Waals surface area contributed by atoms with Gasteiger partial charge in [0.15, 0.2) is 11.5 Å². The third-order valence-electron chi connectivity index (χ3n) is 6.75. The Morgan fingerprint density at radius 1 is 0.929 bits per heavy atom. The molecule has 2 amide bonds. The van der Waals surface area contributed by atoms with E-state index in [0.29, 0.717) is 24.3 Å². The van der Waals surface area contributed by atoms with Gasteiger partial charge in [-0.25, -0.2) is 12.8 Å². The highest BCUT2D eigenvalue weighted by atomic mass is 32.2. The number of carbonyl (C=O) groups excluding carboxylic acids is 2. The molecule has 0 bridgehead atoms. The standard InChI is InChI=1S/C31H38FN3O6S/c1-6-18-33-31(37)27(7-2)34(20-23-10-12-24(32)13-11-23)30(36)21-35(25-14-8-22(3)9-15-25)42(38,39)26-16-17-28(40-4)29(19-26)41-5/h8-17,19,27H,6-7,18,20-21H2,1-5H3,(H,33,37)/t27-/m1/s1.